The van der Waals surface area contributed by atoms with E-state index in [-0.39, 0.29) is 19.4 Å². The first-order chi connectivity index (χ1) is 27.6. The molecule has 326 valence electrons. The molecule has 0 bridgehead atoms. The lowest BCUT2D eigenvalue weighted by Gasteiger charge is -2.20. The van der Waals surface area contributed by atoms with Crippen LogP contribution >= 0.6 is 7.82 Å². The summed E-state index contributed by atoms with van der Waals surface area (Å²) in [5.41, 5.74) is 5.33. The lowest BCUT2D eigenvalue weighted by Crippen LogP contribution is -2.34. The molecule has 1 unspecified atom stereocenters. The summed E-state index contributed by atoms with van der Waals surface area (Å²) in [6.07, 6.45) is 46.8. The Hall–Kier alpha value is -3.08. The number of allylic oxidation sites excluding steroid dienone is 12. The van der Waals surface area contributed by atoms with E-state index in [1.165, 1.54) is 38.5 Å². The van der Waals surface area contributed by atoms with Gasteiger partial charge in [-0.1, -0.05) is 138 Å². The van der Waals surface area contributed by atoms with Gasteiger partial charge in [0.25, 0.3) is 0 Å². The van der Waals surface area contributed by atoms with Gasteiger partial charge in [-0.2, -0.15) is 0 Å². The minimum Gasteiger partial charge on any atom is -0.480 e. The fourth-order valence-corrected chi connectivity index (χ4v) is 6.02. The summed E-state index contributed by atoms with van der Waals surface area (Å²) < 4.78 is 32.6. The Morgan fingerprint density at radius 2 is 0.947 bits per heavy atom. The minimum atomic E-state index is -4.73. The normalized spacial score (nSPS) is 14.5. The van der Waals surface area contributed by atoms with E-state index in [1.807, 2.05) is 0 Å². The first kappa shape index (κ1) is 53.9. The quantitative estimate of drug-likeness (QED) is 0.0233. The van der Waals surface area contributed by atoms with Gasteiger partial charge in [0, 0.05) is 12.8 Å². The molecule has 0 amide bonds. The zero-order valence-electron chi connectivity index (χ0n) is 35.2. The fraction of sp³-hybridized carbons (Fsp3) is 0.667. The van der Waals surface area contributed by atoms with Crippen LogP contribution in [0.3, 0.4) is 0 Å². The fourth-order valence-electron chi connectivity index (χ4n) is 5.24. The van der Waals surface area contributed by atoms with Crippen molar-refractivity contribution in [3.05, 3.63) is 72.9 Å². The molecule has 57 heavy (non-hydrogen) atoms. The summed E-state index contributed by atoms with van der Waals surface area (Å²) in [6, 6.07) is -1.53. The second kappa shape index (κ2) is 39.7. The molecule has 3 atom stereocenters. The molecule has 0 radical (unpaired) electrons. The van der Waals surface area contributed by atoms with Gasteiger partial charge in [-0.05, 0) is 83.5 Å². The molecule has 0 rings (SSSR count). The van der Waals surface area contributed by atoms with Crippen LogP contribution in [0.25, 0.3) is 0 Å². The van der Waals surface area contributed by atoms with Crippen molar-refractivity contribution in [1.29, 1.82) is 0 Å². The SMILES string of the molecule is CCCC/C=C\C/C=C\CCCCCCCC(=O)OC[C@H](COP(=O)(O)OC[C@H](N)C(=O)O)OC(=O)CCCCC/C=C\C/C=C\C/C=C\C/C=C\CCCCC. The van der Waals surface area contributed by atoms with Crippen molar-refractivity contribution >= 4 is 25.7 Å². The molecular weight excluding hydrogens is 745 g/mol. The van der Waals surface area contributed by atoms with Gasteiger partial charge in [-0.15, -0.1) is 0 Å². The molecule has 11 nitrogen and oxygen atoms in total. The highest BCUT2D eigenvalue weighted by molar-refractivity contribution is 7.47. The number of hydrogen-bond donors (Lipinski definition) is 3. The van der Waals surface area contributed by atoms with Gasteiger partial charge in [0.1, 0.15) is 12.6 Å². The summed E-state index contributed by atoms with van der Waals surface area (Å²) >= 11 is 0. The monoisotopic (exact) mass is 822 g/mol. The molecule has 0 aliphatic carbocycles. The van der Waals surface area contributed by atoms with Gasteiger partial charge >= 0.3 is 25.7 Å². The van der Waals surface area contributed by atoms with E-state index in [0.717, 1.165) is 83.5 Å². The van der Waals surface area contributed by atoms with Crippen molar-refractivity contribution in [1.82, 2.24) is 0 Å². The van der Waals surface area contributed by atoms with Gasteiger partial charge in [-0.3, -0.25) is 23.4 Å². The molecule has 0 aromatic rings. The highest BCUT2D eigenvalue weighted by Crippen LogP contribution is 2.43. The third kappa shape index (κ3) is 39.5. The Morgan fingerprint density at radius 3 is 1.46 bits per heavy atom. The van der Waals surface area contributed by atoms with Crippen molar-refractivity contribution in [3.63, 3.8) is 0 Å². The number of carboxylic acid groups (broad SMARTS) is 1. The van der Waals surface area contributed by atoms with Gasteiger partial charge in [0.15, 0.2) is 6.10 Å². The molecular formula is C45H76NO10P. The molecule has 0 fully saturated rings. The molecule has 0 saturated heterocycles. The third-order valence-corrected chi connectivity index (χ3v) is 9.63. The van der Waals surface area contributed by atoms with Crippen molar-refractivity contribution in [2.24, 2.45) is 5.73 Å². The number of phosphoric ester groups is 1. The zero-order valence-corrected chi connectivity index (χ0v) is 36.0. The van der Waals surface area contributed by atoms with Gasteiger partial charge in [0.05, 0.1) is 13.2 Å². The van der Waals surface area contributed by atoms with Crippen LogP contribution in [-0.2, 0) is 37.5 Å². The predicted molar refractivity (Wildman–Crippen MR) is 231 cm³/mol. The molecule has 0 aliphatic heterocycles. The van der Waals surface area contributed by atoms with Crippen LogP contribution in [0.5, 0.6) is 0 Å². The Kier molecular flexibility index (Phi) is 37.6. The number of carbonyl (C=O) groups excluding carboxylic acids is 2. The van der Waals surface area contributed by atoms with Crippen LogP contribution in [-0.4, -0.2) is 59.9 Å². The Morgan fingerprint density at radius 1 is 0.544 bits per heavy atom. The largest absolute Gasteiger partial charge is 0.480 e. The van der Waals surface area contributed by atoms with E-state index < -0.39 is 51.1 Å². The zero-order chi connectivity index (χ0) is 42.1. The number of carboxylic acids is 1. The molecule has 0 aromatic carbocycles. The average Bonchev–Trinajstić information content (AvgIpc) is 3.19. The Balaban J connectivity index is 4.48. The van der Waals surface area contributed by atoms with Crippen LogP contribution in [0.1, 0.15) is 162 Å². The number of hydrogen-bond acceptors (Lipinski definition) is 9. The number of rotatable bonds is 39. The van der Waals surface area contributed by atoms with Crippen molar-refractivity contribution < 1.29 is 47.5 Å². The summed E-state index contributed by atoms with van der Waals surface area (Å²) in [6.45, 7) is 2.67. The van der Waals surface area contributed by atoms with E-state index in [1.54, 1.807) is 0 Å². The predicted octanol–water partition coefficient (Wildman–Crippen LogP) is 11.3. The Bertz CT molecular complexity index is 1240. The highest BCUT2D eigenvalue weighted by atomic mass is 31.2. The van der Waals surface area contributed by atoms with E-state index in [4.69, 9.17) is 24.8 Å². The number of unbranched alkanes of at least 4 members (excludes halogenated alkanes) is 13. The van der Waals surface area contributed by atoms with Gasteiger partial charge in [0.2, 0.25) is 0 Å². The smallest absolute Gasteiger partial charge is 0.472 e. The van der Waals surface area contributed by atoms with Gasteiger partial charge in [-0.25, -0.2) is 4.57 Å². The number of phosphoric acid groups is 1. The lowest BCUT2D eigenvalue weighted by molar-refractivity contribution is -0.161. The van der Waals surface area contributed by atoms with E-state index in [2.05, 4.69) is 91.3 Å². The molecule has 4 N–H and O–H groups in total. The third-order valence-electron chi connectivity index (χ3n) is 8.68. The number of esters is 2. The van der Waals surface area contributed by atoms with E-state index in [0.29, 0.717) is 12.8 Å². The molecule has 0 heterocycles. The molecule has 0 spiro atoms. The van der Waals surface area contributed by atoms with Crippen LogP contribution in [0, 0.1) is 0 Å². The van der Waals surface area contributed by atoms with Crippen LogP contribution in [0.15, 0.2) is 72.9 Å². The topological polar surface area (TPSA) is 172 Å². The first-order valence-electron chi connectivity index (χ1n) is 21.5. The maximum absolute atomic E-state index is 12.6. The van der Waals surface area contributed by atoms with Crippen molar-refractivity contribution in [2.75, 3.05) is 19.8 Å². The maximum atomic E-state index is 12.6. The highest BCUT2D eigenvalue weighted by Gasteiger charge is 2.28. The molecule has 0 aromatic heterocycles. The maximum Gasteiger partial charge on any atom is 0.472 e. The standard InChI is InChI=1S/C45H76NO10P/c1-3-5-7-9-11-13-15-17-19-20-21-22-23-25-27-29-31-33-35-37-44(48)56-41(39-54-57(51,52)55-40-42(46)45(49)50)38-53-43(47)36-34-32-30-28-26-24-18-16-14-12-10-8-6-4-2/h10-13,16-19,21-22,25,27,41-42H,3-9,14-15,20,23-24,26,28-40,46H2,1-2H3,(H,49,50)(H,51,52)/b12-10-,13-11-,18-16-,19-17-,22-21-,27-25-/t41-,42+/m1/s1. The number of carbonyl (C=O) groups is 3. The van der Waals surface area contributed by atoms with Crippen LogP contribution in [0.2, 0.25) is 0 Å². The minimum absolute atomic E-state index is 0.117. The second-order valence-electron chi connectivity index (χ2n) is 14.1. The average molecular weight is 822 g/mol. The van der Waals surface area contributed by atoms with Gasteiger partial charge < -0.3 is 25.2 Å². The lowest BCUT2D eigenvalue weighted by atomic mass is 10.1. The van der Waals surface area contributed by atoms with Crippen molar-refractivity contribution in [2.45, 2.75) is 174 Å². The van der Waals surface area contributed by atoms with E-state index in [9.17, 15) is 23.8 Å². The number of nitrogens with two attached hydrogens (primary N) is 1. The van der Waals surface area contributed by atoms with E-state index >= 15 is 0 Å². The first-order valence-corrected chi connectivity index (χ1v) is 23.0. The molecule has 12 heteroatoms. The molecule has 0 aliphatic rings. The Labute approximate surface area is 344 Å². The summed E-state index contributed by atoms with van der Waals surface area (Å²) in [5.74, 6) is -2.45. The number of aliphatic carboxylic acids is 1. The summed E-state index contributed by atoms with van der Waals surface area (Å²) in [5, 5.41) is 8.88. The number of ether oxygens (including phenoxy) is 2. The summed E-state index contributed by atoms with van der Waals surface area (Å²) in [7, 11) is -4.73. The molecule has 0 saturated carbocycles. The second-order valence-corrected chi connectivity index (χ2v) is 15.6. The van der Waals surface area contributed by atoms with Crippen molar-refractivity contribution in [3.8, 4) is 0 Å². The van der Waals surface area contributed by atoms with Crippen LogP contribution < -0.4 is 5.73 Å². The van der Waals surface area contributed by atoms with Crippen LogP contribution in [0.4, 0.5) is 0 Å². The summed E-state index contributed by atoms with van der Waals surface area (Å²) in [4.78, 5) is 45.9.